The molecule has 3 heterocycles. The average molecular weight is 422 g/mol. The molecule has 0 spiro atoms. The maximum atomic E-state index is 12.8. The van der Waals surface area contributed by atoms with Crippen molar-refractivity contribution >= 4 is 0 Å². The maximum Gasteiger partial charge on any atom is 0.351 e. The van der Waals surface area contributed by atoms with E-state index < -0.39 is 5.69 Å². The van der Waals surface area contributed by atoms with Crippen LogP contribution in [-0.2, 0) is 6.54 Å². The Bertz CT molecular complexity index is 1240. The Morgan fingerprint density at radius 1 is 1.19 bits per heavy atom. The van der Waals surface area contributed by atoms with E-state index in [2.05, 4.69) is 25.3 Å². The Balaban J connectivity index is 0.00000272. The molecule has 160 valence electrons. The van der Waals surface area contributed by atoms with Gasteiger partial charge in [0.2, 0.25) is 0 Å². The smallest absolute Gasteiger partial charge is 0.327 e. The summed E-state index contributed by atoms with van der Waals surface area (Å²) in [4.78, 5) is 21.2. The van der Waals surface area contributed by atoms with Gasteiger partial charge >= 0.3 is 5.69 Å². The second kappa shape index (κ2) is 9.26. The zero-order valence-electron chi connectivity index (χ0n) is 16.2. The molecule has 0 unspecified atom stereocenters. The molecule has 0 saturated carbocycles. The highest BCUT2D eigenvalue weighted by molar-refractivity contribution is 5.68. The first-order valence-electron chi connectivity index (χ1n) is 9.16. The summed E-state index contributed by atoms with van der Waals surface area (Å²) in [7, 11) is 0. The van der Waals surface area contributed by atoms with Crippen molar-refractivity contribution in [3.63, 3.8) is 0 Å². The Labute approximate surface area is 178 Å². The van der Waals surface area contributed by atoms with E-state index in [-0.39, 0.29) is 26.1 Å². The van der Waals surface area contributed by atoms with E-state index in [0.717, 1.165) is 26.9 Å². The summed E-state index contributed by atoms with van der Waals surface area (Å²) in [5.41, 5.74) is 8.92. The van der Waals surface area contributed by atoms with Crippen molar-refractivity contribution < 1.29 is 4.39 Å². The van der Waals surface area contributed by atoms with Crippen LogP contribution in [0.3, 0.4) is 0 Å². The molecule has 1 aromatic carbocycles. The van der Waals surface area contributed by atoms with Gasteiger partial charge in [0.15, 0.2) is 5.82 Å². The van der Waals surface area contributed by atoms with E-state index >= 15 is 0 Å². The molecule has 0 aliphatic rings. The van der Waals surface area contributed by atoms with Crippen LogP contribution in [0.1, 0.15) is 13.0 Å². The van der Waals surface area contributed by atoms with Crippen LogP contribution in [0.15, 0.2) is 65.9 Å². The third-order valence-corrected chi connectivity index (χ3v) is 4.69. The lowest BCUT2D eigenvalue weighted by Gasteiger charge is -2.08. The quantitative estimate of drug-likeness (QED) is 0.493. The zero-order valence-corrected chi connectivity index (χ0v) is 16.2. The second-order valence-corrected chi connectivity index (χ2v) is 6.69. The molecule has 3 aromatic heterocycles. The summed E-state index contributed by atoms with van der Waals surface area (Å²) >= 11 is 0. The standard InChI is InChI=1S/C20H19FN8O.CH4/c1-13-6-17(15-2-4-16(5-3-15)18-24-11-25-27-18)9-23-19(13)28-12-26-29(20(28)30)10-14(7-21)8-22;/h2-7,9,11-12H,8,10,22H2,1H3,(H,24,25,27);1H4/b14-7+;. The predicted molar refractivity (Wildman–Crippen MR) is 116 cm³/mol. The molecule has 0 amide bonds. The number of hydrogen-bond acceptors (Lipinski definition) is 6. The van der Waals surface area contributed by atoms with Gasteiger partial charge in [-0.15, -0.1) is 0 Å². The van der Waals surface area contributed by atoms with Crippen LogP contribution in [0.2, 0.25) is 0 Å². The maximum absolute atomic E-state index is 12.8. The largest absolute Gasteiger partial charge is 0.351 e. The first kappa shape index (κ1) is 21.8. The second-order valence-electron chi connectivity index (χ2n) is 6.69. The first-order chi connectivity index (χ1) is 14.6. The Kier molecular flexibility index (Phi) is 6.51. The van der Waals surface area contributed by atoms with Gasteiger partial charge in [-0.2, -0.15) is 10.2 Å². The molecule has 10 heteroatoms. The number of aromatic amines is 1. The summed E-state index contributed by atoms with van der Waals surface area (Å²) in [5, 5.41) is 10.7. The molecule has 4 rings (SSSR count). The number of pyridine rings is 1. The van der Waals surface area contributed by atoms with Crippen LogP contribution >= 0.6 is 0 Å². The van der Waals surface area contributed by atoms with Crippen molar-refractivity contribution in [1.29, 1.82) is 0 Å². The molecule has 4 aromatic rings. The van der Waals surface area contributed by atoms with Gasteiger partial charge in [0.1, 0.15) is 18.5 Å². The summed E-state index contributed by atoms with van der Waals surface area (Å²) in [5.74, 6) is 1.16. The number of aryl methyl sites for hydroxylation is 1. The molecule has 0 atom stereocenters. The number of halogens is 1. The number of benzene rings is 1. The van der Waals surface area contributed by atoms with E-state index in [4.69, 9.17) is 5.73 Å². The van der Waals surface area contributed by atoms with Gasteiger partial charge in [-0.25, -0.2) is 28.4 Å². The van der Waals surface area contributed by atoms with Crippen LogP contribution in [0.25, 0.3) is 28.3 Å². The van der Waals surface area contributed by atoms with Crippen LogP contribution in [-0.4, -0.2) is 41.1 Å². The zero-order chi connectivity index (χ0) is 21.1. The molecule has 9 nitrogen and oxygen atoms in total. The lowest BCUT2D eigenvalue weighted by Crippen LogP contribution is -2.26. The SMILES string of the molecule is C.Cc1cc(-c2ccc(-c3ncn[nH]3)cc2)cnc1-n1cnn(C/C(=C/F)CN)c1=O. The summed E-state index contributed by atoms with van der Waals surface area (Å²) in [6.07, 6.45) is 4.93. The minimum Gasteiger partial charge on any atom is -0.327 e. The third kappa shape index (κ3) is 4.33. The van der Waals surface area contributed by atoms with Gasteiger partial charge in [0.05, 0.1) is 12.9 Å². The van der Waals surface area contributed by atoms with Gasteiger partial charge < -0.3 is 5.73 Å². The van der Waals surface area contributed by atoms with Crippen molar-refractivity contribution in [3.8, 4) is 28.3 Å². The van der Waals surface area contributed by atoms with E-state index in [1.807, 2.05) is 37.3 Å². The predicted octanol–water partition coefficient (Wildman–Crippen LogP) is 2.64. The molecule has 0 radical (unpaired) electrons. The van der Waals surface area contributed by atoms with Gasteiger partial charge in [0.25, 0.3) is 0 Å². The highest BCUT2D eigenvalue weighted by Gasteiger charge is 2.13. The fourth-order valence-corrected chi connectivity index (χ4v) is 3.07. The van der Waals surface area contributed by atoms with E-state index in [0.29, 0.717) is 18.0 Å². The monoisotopic (exact) mass is 422 g/mol. The topological polar surface area (TPSA) is 120 Å². The Morgan fingerprint density at radius 3 is 2.55 bits per heavy atom. The Morgan fingerprint density at radius 2 is 1.94 bits per heavy atom. The van der Waals surface area contributed by atoms with Crippen molar-refractivity contribution in [3.05, 3.63) is 77.1 Å². The van der Waals surface area contributed by atoms with Gasteiger partial charge in [-0.1, -0.05) is 31.7 Å². The van der Waals surface area contributed by atoms with Crippen LogP contribution in [0.5, 0.6) is 0 Å². The third-order valence-electron chi connectivity index (χ3n) is 4.69. The lowest BCUT2D eigenvalue weighted by molar-refractivity contribution is 0.612. The number of hydrogen-bond donors (Lipinski definition) is 2. The molecule has 0 aliphatic heterocycles. The molecular formula is C21H23FN8O. The van der Waals surface area contributed by atoms with Crippen LogP contribution in [0.4, 0.5) is 4.39 Å². The van der Waals surface area contributed by atoms with Gasteiger partial charge in [-0.05, 0) is 29.7 Å². The fraction of sp³-hybridized carbons (Fsp3) is 0.190. The van der Waals surface area contributed by atoms with E-state index in [1.165, 1.54) is 17.2 Å². The highest BCUT2D eigenvalue weighted by atomic mass is 19.1. The van der Waals surface area contributed by atoms with Crippen molar-refractivity contribution in [2.45, 2.75) is 20.9 Å². The minimum atomic E-state index is -0.414. The van der Waals surface area contributed by atoms with Crippen molar-refractivity contribution in [1.82, 2.24) is 34.5 Å². The van der Waals surface area contributed by atoms with Crippen molar-refractivity contribution in [2.24, 2.45) is 5.73 Å². The molecule has 0 saturated heterocycles. The Hall–Kier alpha value is -3.92. The molecule has 0 aliphatic carbocycles. The van der Waals surface area contributed by atoms with E-state index in [9.17, 15) is 9.18 Å². The highest BCUT2D eigenvalue weighted by Crippen LogP contribution is 2.24. The number of aromatic nitrogens is 7. The number of nitrogens with one attached hydrogen (secondary N) is 1. The van der Waals surface area contributed by atoms with Crippen LogP contribution < -0.4 is 11.4 Å². The van der Waals surface area contributed by atoms with E-state index in [1.54, 1.807) is 6.20 Å². The average Bonchev–Trinajstić information content (AvgIpc) is 3.43. The van der Waals surface area contributed by atoms with Gasteiger partial charge in [-0.3, -0.25) is 5.10 Å². The minimum absolute atomic E-state index is 0. The summed E-state index contributed by atoms with van der Waals surface area (Å²) < 4.78 is 15.2. The number of nitrogens with zero attached hydrogens (tertiary/aromatic N) is 6. The fourth-order valence-electron chi connectivity index (χ4n) is 3.07. The molecule has 0 bridgehead atoms. The number of rotatable bonds is 6. The number of nitrogens with two attached hydrogens (primary N) is 1. The first-order valence-corrected chi connectivity index (χ1v) is 9.16. The molecule has 0 fully saturated rings. The summed E-state index contributed by atoms with van der Waals surface area (Å²) in [6.45, 7) is 1.87. The molecule has 3 N–H and O–H groups in total. The summed E-state index contributed by atoms with van der Waals surface area (Å²) in [6, 6.07) is 9.77. The van der Waals surface area contributed by atoms with Gasteiger partial charge in [0, 0.05) is 23.9 Å². The molecule has 31 heavy (non-hydrogen) atoms. The number of H-pyrrole nitrogens is 1. The lowest BCUT2D eigenvalue weighted by atomic mass is 10.0. The van der Waals surface area contributed by atoms with Crippen molar-refractivity contribution in [2.75, 3.05) is 6.54 Å². The van der Waals surface area contributed by atoms with Crippen LogP contribution in [0, 0.1) is 6.92 Å². The normalized spacial score (nSPS) is 11.4. The molecular weight excluding hydrogens is 399 g/mol.